The van der Waals surface area contributed by atoms with Gasteiger partial charge in [-0.25, -0.2) is 0 Å². The first kappa shape index (κ1) is 10.8. The summed E-state index contributed by atoms with van der Waals surface area (Å²) in [5.41, 5.74) is 3.73. The Kier molecular flexibility index (Phi) is 3.28. The first-order valence-corrected chi connectivity index (χ1v) is 4.78. The number of amides is 1. The molecule has 0 aliphatic carbocycles. The largest absolute Gasteiger partial charge is 0.342 e. The minimum Gasteiger partial charge on any atom is -0.342 e. The lowest BCUT2D eigenvalue weighted by atomic mass is 10.1. The highest BCUT2D eigenvalue weighted by Gasteiger charge is 2.05. The van der Waals surface area contributed by atoms with Crippen LogP contribution in [0.15, 0.2) is 18.2 Å². The van der Waals surface area contributed by atoms with Gasteiger partial charge in [0.1, 0.15) is 0 Å². The highest BCUT2D eigenvalue weighted by molar-refractivity contribution is 5.72. The zero-order valence-electron chi connectivity index (χ0n) is 9.29. The van der Waals surface area contributed by atoms with Crippen LogP contribution in [0, 0.1) is 13.8 Å². The second-order valence-electron chi connectivity index (χ2n) is 3.81. The Balaban J connectivity index is 2.82. The monoisotopic (exact) mass is 191 g/mol. The summed E-state index contributed by atoms with van der Waals surface area (Å²) in [6.07, 6.45) is 0. The lowest BCUT2D eigenvalue weighted by Gasteiger charge is -2.16. The van der Waals surface area contributed by atoms with Gasteiger partial charge in [0.15, 0.2) is 0 Å². The van der Waals surface area contributed by atoms with Crippen molar-refractivity contribution in [3.63, 3.8) is 0 Å². The smallest absolute Gasteiger partial charge is 0.219 e. The van der Waals surface area contributed by atoms with Gasteiger partial charge in [-0.3, -0.25) is 4.79 Å². The summed E-state index contributed by atoms with van der Waals surface area (Å²) in [6.45, 7) is 6.44. The van der Waals surface area contributed by atoms with Gasteiger partial charge in [-0.2, -0.15) is 0 Å². The quantitative estimate of drug-likeness (QED) is 0.702. The van der Waals surface area contributed by atoms with Crippen LogP contribution in [0.4, 0.5) is 0 Å². The molecule has 1 amide bonds. The zero-order chi connectivity index (χ0) is 10.7. The number of benzene rings is 1. The number of carbonyl (C=O) groups is 1. The third-order valence-corrected chi connectivity index (χ3v) is 2.44. The maximum atomic E-state index is 11.1. The zero-order valence-corrected chi connectivity index (χ0v) is 9.29. The fraction of sp³-hybridized carbons (Fsp3) is 0.417. The summed E-state index contributed by atoms with van der Waals surface area (Å²) in [6, 6.07) is 6.31. The van der Waals surface area contributed by atoms with Gasteiger partial charge in [0.05, 0.1) is 0 Å². The number of aryl methyl sites for hydroxylation is 2. The first-order valence-electron chi connectivity index (χ1n) is 4.78. The summed E-state index contributed by atoms with van der Waals surface area (Å²) < 4.78 is 0. The summed E-state index contributed by atoms with van der Waals surface area (Å²) in [7, 11) is 1.82. The maximum absolute atomic E-state index is 11.1. The Morgan fingerprint density at radius 2 is 2.00 bits per heavy atom. The van der Waals surface area contributed by atoms with Crippen LogP contribution in [-0.4, -0.2) is 17.9 Å². The van der Waals surface area contributed by atoms with E-state index >= 15 is 0 Å². The van der Waals surface area contributed by atoms with Crippen LogP contribution in [0.5, 0.6) is 0 Å². The fourth-order valence-corrected chi connectivity index (χ4v) is 1.39. The van der Waals surface area contributed by atoms with Gasteiger partial charge in [0.25, 0.3) is 0 Å². The van der Waals surface area contributed by atoms with Crippen molar-refractivity contribution < 1.29 is 4.79 Å². The van der Waals surface area contributed by atoms with Crippen LogP contribution in [0.1, 0.15) is 23.6 Å². The molecule has 0 aromatic heterocycles. The molecule has 76 valence electrons. The summed E-state index contributed by atoms with van der Waals surface area (Å²) in [5.74, 6) is 0.102. The third-order valence-electron chi connectivity index (χ3n) is 2.44. The van der Waals surface area contributed by atoms with E-state index < -0.39 is 0 Å². The average molecular weight is 191 g/mol. The average Bonchev–Trinajstić information content (AvgIpc) is 2.09. The summed E-state index contributed by atoms with van der Waals surface area (Å²) in [4.78, 5) is 12.8. The molecule has 0 fully saturated rings. The van der Waals surface area contributed by atoms with Crippen LogP contribution < -0.4 is 0 Å². The van der Waals surface area contributed by atoms with Gasteiger partial charge in [0.2, 0.25) is 5.91 Å². The number of carbonyl (C=O) groups excluding carboxylic acids is 1. The van der Waals surface area contributed by atoms with Crippen molar-refractivity contribution in [2.45, 2.75) is 27.3 Å². The van der Waals surface area contributed by atoms with E-state index in [1.807, 2.05) is 7.05 Å². The number of nitrogens with zero attached hydrogens (tertiary/aromatic N) is 1. The molecule has 0 N–H and O–H groups in total. The number of hydrogen-bond donors (Lipinski definition) is 0. The second kappa shape index (κ2) is 4.27. The van der Waals surface area contributed by atoms with Crippen molar-refractivity contribution in [2.75, 3.05) is 7.05 Å². The van der Waals surface area contributed by atoms with Crippen LogP contribution >= 0.6 is 0 Å². The van der Waals surface area contributed by atoms with Crippen LogP contribution in [0.25, 0.3) is 0 Å². The SMILES string of the molecule is CC(=O)N(C)Cc1ccc(C)cc1C. The van der Waals surface area contributed by atoms with E-state index in [0.717, 1.165) is 0 Å². The van der Waals surface area contributed by atoms with E-state index in [2.05, 4.69) is 32.0 Å². The van der Waals surface area contributed by atoms with Crippen molar-refractivity contribution in [3.8, 4) is 0 Å². The second-order valence-corrected chi connectivity index (χ2v) is 3.81. The van der Waals surface area contributed by atoms with Crippen LogP contribution in [0.2, 0.25) is 0 Å². The molecule has 1 aromatic rings. The lowest BCUT2D eigenvalue weighted by Crippen LogP contribution is -2.23. The van der Waals surface area contributed by atoms with Gasteiger partial charge in [-0.05, 0) is 25.0 Å². The minimum absolute atomic E-state index is 0.102. The molecular weight excluding hydrogens is 174 g/mol. The van der Waals surface area contributed by atoms with Crippen LogP contribution in [-0.2, 0) is 11.3 Å². The van der Waals surface area contributed by atoms with E-state index in [0.29, 0.717) is 6.54 Å². The molecule has 0 bridgehead atoms. The van der Waals surface area contributed by atoms with E-state index in [4.69, 9.17) is 0 Å². The molecule has 14 heavy (non-hydrogen) atoms. The molecule has 0 aliphatic rings. The molecule has 0 atom stereocenters. The topological polar surface area (TPSA) is 20.3 Å². The lowest BCUT2D eigenvalue weighted by molar-refractivity contribution is -0.128. The van der Waals surface area contributed by atoms with Crippen LogP contribution in [0.3, 0.4) is 0 Å². The first-order chi connectivity index (χ1) is 6.50. The molecule has 2 heteroatoms. The van der Waals surface area contributed by atoms with E-state index in [-0.39, 0.29) is 5.91 Å². The molecule has 2 nitrogen and oxygen atoms in total. The van der Waals surface area contributed by atoms with E-state index in [1.54, 1.807) is 11.8 Å². The Morgan fingerprint density at radius 1 is 1.36 bits per heavy atom. The Bertz CT molecular complexity index is 344. The molecule has 0 radical (unpaired) electrons. The van der Waals surface area contributed by atoms with Crippen molar-refractivity contribution >= 4 is 5.91 Å². The molecule has 0 spiro atoms. The van der Waals surface area contributed by atoms with E-state index in [1.165, 1.54) is 16.7 Å². The van der Waals surface area contributed by atoms with Gasteiger partial charge in [0, 0.05) is 20.5 Å². The standard InChI is InChI=1S/C12H17NO/c1-9-5-6-12(10(2)7-9)8-13(4)11(3)14/h5-7H,8H2,1-4H3. The fourth-order valence-electron chi connectivity index (χ4n) is 1.39. The Morgan fingerprint density at radius 3 is 2.50 bits per heavy atom. The molecule has 1 aromatic carbocycles. The predicted molar refractivity (Wildman–Crippen MR) is 58.1 cm³/mol. The minimum atomic E-state index is 0.102. The van der Waals surface area contributed by atoms with Crippen molar-refractivity contribution in [2.24, 2.45) is 0 Å². The predicted octanol–water partition coefficient (Wildman–Crippen LogP) is 2.28. The van der Waals surface area contributed by atoms with Gasteiger partial charge in [-0.1, -0.05) is 23.8 Å². The number of rotatable bonds is 2. The third kappa shape index (κ3) is 2.59. The van der Waals surface area contributed by atoms with Crippen molar-refractivity contribution in [1.29, 1.82) is 0 Å². The van der Waals surface area contributed by atoms with Gasteiger partial charge >= 0.3 is 0 Å². The normalized spacial score (nSPS) is 10.0. The molecule has 0 aliphatic heterocycles. The molecular formula is C12H17NO. The highest BCUT2D eigenvalue weighted by atomic mass is 16.2. The highest BCUT2D eigenvalue weighted by Crippen LogP contribution is 2.12. The van der Waals surface area contributed by atoms with Crippen molar-refractivity contribution in [1.82, 2.24) is 4.90 Å². The molecule has 0 saturated heterocycles. The molecule has 0 saturated carbocycles. The molecule has 0 heterocycles. The van der Waals surface area contributed by atoms with E-state index in [9.17, 15) is 4.79 Å². The Labute approximate surface area is 85.5 Å². The van der Waals surface area contributed by atoms with Gasteiger partial charge < -0.3 is 4.90 Å². The summed E-state index contributed by atoms with van der Waals surface area (Å²) >= 11 is 0. The van der Waals surface area contributed by atoms with Crippen molar-refractivity contribution in [3.05, 3.63) is 34.9 Å². The molecule has 0 unspecified atom stereocenters. The molecule has 1 rings (SSSR count). The van der Waals surface area contributed by atoms with Gasteiger partial charge in [-0.15, -0.1) is 0 Å². The Hall–Kier alpha value is -1.31. The number of hydrogen-bond acceptors (Lipinski definition) is 1. The maximum Gasteiger partial charge on any atom is 0.219 e. The summed E-state index contributed by atoms with van der Waals surface area (Å²) in [5, 5.41) is 0.